The van der Waals surface area contributed by atoms with E-state index in [4.69, 9.17) is 0 Å². The number of thiazole rings is 1. The van der Waals surface area contributed by atoms with Gasteiger partial charge in [-0.05, 0) is 12.8 Å². The monoisotopic (exact) mass is 319 g/mol. The molecule has 2 aromatic heterocycles. The molecule has 0 aliphatic carbocycles. The van der Waals surface area contributed by atoms with Crippen molar-refractivity contribution in [2.75, 3.05) is 24.5 Å². The van der Waals surface area contributed by atoms with Crippen molar-refractivity contribution < 1.29 is 9.90 Å². The number of nitrogens with one attached hydrogen (secondary N) is 1. The fourth-order valence-electron chi connectivity index (χ4n) is 2.57. The molecule has 1 aliphatic rings. The highest BCUT2D eigenvalue weighted by Gasteiger charge is 2.34. The Labute approximate surface area is 132 Å². The topological polar surface area (TPSA) is 91.2 Å². The van der Waals surface area contributed by atoms with Crippen molar-refractivity contribution in [3.8, 4) is 0 Å². The summed E-state index contributed by atoms with van der Waals surface area (Å²) in [5, 5.41) is 15.2. The third-order valence-electron chi connectivity index (χ3n) is 3.67. The number of aliphatic hydroxyl groups is 1. The van der Waals surface area contributed by atoms with Crippen LogP contribution in [0.15, 0.2) is 29.5 Å². The van der Waals surface area contributed by atoms with Gasteiger partial charge in [-0.3, -0.25) is 9.78 Å². The average molecular weight is 319 g/mol. The molecule has 8 heteroatoms. The average Bonchev–Trinajstić information content (AvgIpc) is 3.08. The van der Waals surface area contributed by atoms with Crippen LogP contribution < -0.4 is 10.2 Å². The molecule has 2 aromatic rings. The standard InChI is InChI=1S/C14H17N5O2S/c20-13(11-7-22-10-18-11)17-8-14(21)2-1-5-19(9-14)12-6-15-3-4-16-12/h3-4,6-7,10,21H,1-2,5,8-9H2,(H,17,20). The SMILES string of the molecule is O=C(NCC1(O)CCCN(c2cnccn2)C1)c1cscn1. The van der Waals surface area contributed by atoms with Crippen LogP contribution in [0.4, 0.5) is 5.82 Å². The number of hydrogen-bond acceptors (Lipinski definition) is 7. The number of rotatable bonds is 4. The van der Waals surface area contributed by atoms with Gasteiger partial charge >= 0.3 is 0 Å². The normalized spacial score (nSPS) is 21.6. The van der Waals surface area contributed by atoms with E-state index < -0.39 is 5.60 Å². The van der Waals surface area contributed by atoms with Crippen LogP contribution >= 0.6 is 11.3 Å². The van der Waals surface area contributed by atoms with Gasteiger partial charge < -0.3 is 15.3 Å². The van der Waals surface area contributed by atoms with Gasteiger partial charge in [-0.15, -0.1) is 11.3 Å². The van der Waals surface area contributed by atoms with Gasteiger partial charge in [0.1, 0.15) is 11.5 Å². The Hall–Kier alpha value is -2.06. The van der Waals surface area contributed by atoms with Gasteiger partial charge in [-0.25, -0.2) is 9.97 Å². The summed E-state index contributed by atoms with van der Waals surface area (Å²) in [6.45, 7) is 1.43. The van der Waals surface area contributed by atoms with Crippen LogP contribution in [0, 0.1) is 0 Å². The van der Waals surface area contributed by atoms with E-state index in [1.165, 1.54) is 11.3 Å². The van der Waals surface area contributed by atoms with E-state index in [1.54, 1.807) is 29.5 Å². The number of aromatic nitrogens is 3. The quantitative estimate of drug-likeness (QED) is 0.862. The molecular formula is C14H17N5O2S. The molecule has 0 aromatic carbocycles. The van der Waals surface area contributed by atoms with E-state index in [2.05, 4.69) is 20.3 Å². The summed E-state index contributed by atoms with van der Waals surface area (Å²) in [6.07, 6.45) is 6.40. The second-order valence-electron chi connectivity index (χ2n) is 5.37. The number of hydrogen-bond donors (Lipinski definition) is 2. The van der Waals surface area contributed by atoms with Gasteiger partial charge in [0, 0.05) is 37.4 Å². The zero-order valence-electron chi connectivity index (χ0n) is 12.0. The Kier molecular flexibility index (Phi) is 4.30. The molecule has 0 saturated carbocycles. The molecule has 0 spiro atoms. The molecule has 2 N–H and O–H groups in total. The molecule has 116 valence electrons. The summed E-state index contributed by atoms with van der Waals surface area (Å²) >= 11 is 1.37. The summed E-state index contributed by atoms with van der Waals surface area (Å²) in [4.78, 5) is 26.2. The van der Waals surface area contributed by atoms with E-state index >= 15 is 0 Å². The molecule has 3 heterocycles. The van der Waals surface area contributed by atoms with Gasteiger partial charge in [-0.1, -0.05) is 0 Å². The van der Waals surface area contributed by atoms with Crippen molar-refractivity contribution in [3.63, 3.8) is 0 Å². The number of carbonyl (C=O) groups excluding carboxylic acids is 1. The highest BCUT2D eigenvalue weighted by Crippen LogP contribution is 2.24. The lowest BCUT2D eigenvalue weighted by atomic mass is 9.92. The van der Waals surface area contributed by atoms with Crippen molar-refractivity contribution in [2.45, 2.75) is 18.4 Å². The summed E-state index contributed by atoms with van der Waals surface area (Å²) in [7, 11) is 0. The fraction of sp³-hybridized carbons (Fsp3) is 0.429. The Morgan fingerprint density at radius 2 is 2.36 bits per heavy atom. The van der Waals surface area contributed by atoms with Crippen LogP contribution in [-0.2, 0) is 0 Å². The third-order valence-corrected chi connectivity index (χ3v) is 4.26. The number of carbonyl (C=O) groups is 1. The minimum atomic E-state index is -0.971. The van der Waals surface area contributed by atoms with Crippen LogP contribution in [-0.4, -0.2) is 51.2 Å². The molecule has 7 nitrogen and oxygen atoms in total. The molecule has 1 fully saturated rings. The van der Waals surface area contributed by atoms with Crippen molar-refractivity contribution in [1.82, 2.24) is 20.3 Å². The Bertz CT molecular complexity index is 621. The minimum absolute atomic E-state index is 0.195. The first kappa shape index (κ1) is 14.9. The molecule has 3 rings (SSSR count). The maximum absolute atomic E-state index is 11.9. The van der Waals surface area contributed by atoms with Crippen LogP contribution in [0.2, 0.25) is 0 Å². The highest BCUT2D eigenvalue weighted by molar-refractivity contribution is 7.07. The lowest BCUT2D eigenvalue weighted by Gasteiger charge is -2.39. The number of piperidine rings is 1. The van der Waals surface area contributed by atoms with Gasteiger partial charge in [0.25, 0.3) is 5.91 Å². The molecule has 22 heavy (non-hydrogen) atoms. The molecular weight excluding hydrogens is 302 g/mol. The maximum atomic E-state index is 11.9. The highest BCUT2D eigenvalue weighted by atomic mass is 32.1. The van der Waals surface area contributed by atoms with E-state index in [0.717, 1.165) is 18.8 Å². The number of amides is 1. The summed E-state index contributed by atoms with van der Waals surface area (Å²) in [5.74, 6) is 0.484. The van der Waals surface area contributed by atoms with E-state index in [0.29, 0.717) is 18.7 Å². The zero-order chi connectivity index (χ0) is 15.4. The van der Waals surface area contributed by atoms with Gasteiger partial charge in [0.2, 0.25) is 0 Å². The summed E-state index contributed by atoms with van der Waals surface area (Å²) < 4.78 is 0. The second kappa shape index (κ2) is 6.37. The summed E-state index contributed by atoms with van der Waals surface area (Å²) in [5.41, 5.74) is 1.02. The molecule has 1 amide bonds. The van der Waals surface area contributed by atoms with Crippen molar-refractivity contribution in [2.24, 2.45) is 0 Å². The van der Waals surface area contributed by atoms with Gasteiger partial charge in [0.15, 0.2) is 0 Å². The molecule has 1 atom stereocenters. The lowest BCUT2D eigenvalue weighted by molar-refractivity contribution is 0.0253. The number of β-amino-alcohol motifs (C(OH)–C–C–N with tert-alkyl or cyclic N) is 1. The summed E-state index contributed by atoms with van der Waals surface area (Å²) in [6, 6.07) is 0. The molecule has 1 saturated heterocycles. The first-order valence-electron chi connectivity index (χ1n) is 7.06. The second-order valence-corrected chi connectivity index (χ2v) is 6.09. The van der Waals surface area contributed by atoms with Crippen molar-refractivity contribution in [3.05, 3.63) is 35.2 Å². The zero-order valence-corrected chi connectivity index (χ0v) is 12.8. The predicted octanol–water partition coefficient (Wildman–Crippen LogP) is 0.694. The number of nitrogens with zero attached hydrogens (tertiary/aromatic N) is 4. The van der Waals surface area contributed by atoms with E-state index in [9.17, 15) is 9.90 Å². The van der Waals surface area contributed by atoms with Crippen LogP contribution in [0.5, 0.6) is 0 Å². The Morgan fingerprint density at radius 1 is 1.45 bits per heavy atom. The van der Waals surface area contributed by atoms with Crippen LogP contribution in [0.3, 0.4) is 0 Å². The molecule has 1 aliphatic heterocycles. The predicted molar refractivity (Wildman–Crippen MR) is 82.9 cm³/mol. The Balaban J connectivity index is 1.61. The maximum Gasteiger partial charge on any atom is 0.270 e. The smallest absolute Gasteiger partial charge is 0.270 e. The molecule has 0 radical (unpaired) electrons. The molecule has 0 bridgehead atoms. The lowest BCUT2D eigenvalue weighted by Crippen LogP contribution is -2.54. The van der Waals surface area contributed by atoms with Crippen molar-refractivity contribution in [1.29, 1.82) is 0 Å². The first-order chi connectivity index (χ1) is 10.7. The minimum Gasteiger partial charge on any atom is -0.386 e. The van der Waals surface area contributed by atoms with Crippen LogP contribution in [0.1, 0.15) is 23.3 Å². The van der Waals surface area contributed by atoms with Crippen molar-refractivity contribution >= 4 is 23.1 Å². The van der Waals surface area contributed by atoms with Crippen LogP contribution in [0.25, 0.3) is 0 Å². The first-order valence-corrected chi connectivity index (χ1v) is 8.00. The third kappa shape index (κ3) is 3.40. The Morgan fingerprint density at radius 3 is 3.09 bits per heavy atom. The largest absolute Gasteiger partial charge is 0.386 e. The fourth-order valence-corrected chi connectivity index (χ4v) is 3.10. The van der Waals surface area contributed by atoms with E-state index in [-0.39, 0.29) is 12.5 Å². The van der Waals surface area contributed by atoms with Gasteiger partial charge in [-0.2, -0.15) is 0 Å². The van der Waals surface area contributed by atoms with E-state index in [1.807, 2.05) is 4.90 Å². The molecule has 1 unspecified atom stereocenters. The number of anilines is 1. The van der Waals surface area contributed by atoms with Gasteiger partial charge in [0.05, 0.1) is 17.3 Å².